The van der Waals surface area contributed by atoms with Crippen LogP contribution in [0.25, 0.3) is 38.1 Å². The Hall–Kier alpha value is -3.20. The van der Waals surface area contributed by atoms with Crippen LogP contribution in [0, 0.1) is 0 Å². The minimum Gasteiger partial charge on any atom is -0.278 e. The third kappa shape index (κ3) is 2.28. The van der Waals surface area contributed by atoms with Crippen LogP contribution in [-0.2, 0) is 0 Å². The molecule has 3 aromatic heterocycles. The number of hydrogen-bond acceptors (Lipinski definition) is 5. The van der Waals surface area contributed by atoms with Crippen LogP contribution < -0.4 is 0 Å². The molecule has 0 saturated carbocycles. The zero-order chi connectivity index (χ0) is 17.7. The van der Waals surface area contributed by atoms with E-state index in [1.807, 2.05) is 36.4 Å². The van der Waals surface area contributed by atoms with Gasteiger partial charge >= 0.3 is 0 Å². The zero-order valence-electron chi connectivity index (χ0n) is 13.1. The number of fused-ring (bicyclic) bond motifs is 2. The molecule has 0 spiro atoms. The number of alkyl halides is 2. The van der Waals surface area contributed by atoms with Crippen molar-refractivity contribution >= 4 is 33.1 Å². The molecule has 0 fully saturated rings. The SMILES string of the molecule is FC(F)c1nnc(-n2ncc3c(-c4ccc5cn[nH]c5c4)cccc32)s1. The first-order chi connectivity index (χ1) is 12.7. The zero-order valence-corrected chi connectivity index (χ0v) is 13.9. The fraction of sp³-hybridized carbons (Fsp3) is 0.0588. The Morgan fingerprint density at radius 3 is 2.85 bits per heavy atom. The van der Waals surface area contributed by atoms with Crippen molar-refractivity contribution < 1.29 is 8.78 Å². The summed E-state index contributed by atoms with van der Waals surface area (Å²) in [5, 5.41) is 20.7. The molecule has 9 heteroatoms. The standard InChI is InChI=1S/C17H10F2N6S/c18-15(19)16-23-24-17(26-16)25-14-3-1-2-11(12(14)8-21-25)9-4-5-10-7-20-22-13(10)6-9/h1-8,15H,(H,20,22). The van der Waals surface area contributed by atoms with Crippen LogP contribution in [0.4, 0.5) is 8.78 Å². The van der Waals surface area contributed by atoms with E-state index in [0.717, 1.165) is 44.3 Å². The number of nitrogens with one attached hydrogen (secondary N) is 1. The molecule has 26 heavy (non-hydrogen) atoms. The van der Waals surface area contributed by atoms with E-state index in [9.17, 15) is 8.78 Å². The number of rotatable bonds is 3. The van der Waals surface area contributed by atoms with Gasteiger partial charge < -0.3 is 0 Å². The van der Waals surface area contributed by atoms with Crippen LogP contribution >= 0.6 is 11.3 Å². The predicted molar refractivity (Wildman–Crippen MR) is 94.6 cm³/mol. The van der Waals surface area contributed by atoms with Gasteiger partial charge in [0.25, 0.3) is 6.43 Å². The van der Waals surface area contributed by atoms with E-state index in [2.05, 4.69) is 25.5 Å². The molecule has 0 aliphatic rings. The van der Waals surface area contributed by atoms with Gasteiger partial charge in [-0.2, -0.15) is 10.2 Å². The number of nitrogens with zero attached hydrogens (tertiary/aromatic N) is 5. The Bertz CT molecular complexity index is 1240. The van der Waals surface area contributed by atoms with Crippen molar-refractivity contribution in [3.63, 3.8) is 0 Å². The topological polar surface area (TPSA) is 72.3 Å². The maximum atomic E-state index is 12.8. The van der Waals surface area contributed by atoms with Gasteiger partial charge in [-0.15, -0.1) is 10.2 Å². The van der Waals surface area contributed by atoms with E-state index in [1.54, 1.807) is 12.4 Å². The molecule has 5 rings (SSSR count). The second-order valence-electron chi connectivity index (χ2n) is 5.69. The maximum Gasteiger partial charge on any atom is 0.291 e. The van der Waals surface area contributed by atoms with Crippen LogP contribution in [0.1, 0.15) is 11.4 Å². The fourth-order valence-electron chi connectivity index (χ4n) is 2.96. The van der Waals surface area contributed by atoms with E-state index < -0.39 is 6.43 Å². The molecule has 0 atom stereocenters. The van der Waals surface area contributed by atoms with Crippen molar-refractivity contribution in [3.8, 4) is 16.3 Å². The Balaban J connectivity index is 1.67. The second-order valence-corrected chi connectivity index (χ2v) is 6.68. The Morgan fingerprint density at radius 2 is 2.00 bits per heavy atom. The van der Waals surface area contributed by atoms with Crippen LogP contribution in [0.2, 0.25) is 0 Å². The van der Waals surface area contributed by atoms with Gasteiger partial charge in [0.1, 0.15) is 0 Å². The largest absolute Gasteiger partial charge is 0.291 e. The summed E-state index contributed by atoms with van der Waals surface area (Å²) >= 11 is 0.833. The van der Waals surface area contributed by atoms with E-state index in [4.69, 9.17) is 0 Å². The van der Waals surface area contributed by atoms with Gasteiger partial charge in [0.15, 0.2) is 5.01 Å². The van der Waals surface area contributed by atoms with Gasteiger partial charge in [0.05, 0.1) is 23.4 Å². The molecule has 128 valence electrons. The minimum absolute atomic E-state index is 0.315. The lowest BCUT2D eigenvalue weighted by Crippen LogP contribution is -1.94. The summed E-state index contributed by atoms with van der Waals surface area (Å²) in [6.07, 6.45) is 0.846. The molecule has 6 nitrogen and oxygen atoms in total. The molecule has 0 aliphatic heterocycles. The van der Waals surface area contributed by atoms with E-state index in [0.29, 0.717) is 5.13 Å². The third-order valence-electron chi connectivity index (χ3n) is 4.16. The van der Waals surface area contributed by atoms with Crippen LogP contribution in [0.15, 0.2) is 48.8 Å². The Morgan fingerprint density at radius 1 is 1.08 bits per heavy atom. The molecule has 0 unspecified atom stereocenters. The number of benzene rings is 2. The lowest BCUT2D eigenvalue weighted by atomic mass is 10.0. The first-order valence-electron chi connectivity index (χ1n) is 7.73. The van der Waals surface area contributed by atoms with E-state index >= 15 is 0 Å². The van der Waals surface area contributed by atoms with Gasteiger partial charge in [0.2, 0.25) is 5.13 Å². The molecule has 2 aromatic carbocycles. The van der Waals surface area contributed by atoms with Crippen LogP contribution in [0.3, 0.4) is 0 Å². The van der Waals surface area contributed by atoms with Gasteiger partial charge in [-0.25, -0.2) is 13.5 Å². The van der Waals surface area contributed by atoms with Crippen molar-refractivity contribution in [2.75, 3.05) is 0 Å². The highest BCUT2D eigenvalue weighted by Gasteiger charge is 2.17. The van der Waals surface area contributed by atoms with Crippen molar-refractivity contribution in [1.29, 1.82) is 0 Å². The van der Waals surface area contributed by atoms with Gasteiger partial charge in [-0.05, 0) is 23.3 Å². The first-order valence-corrected chi connectivity index (χ1v) is 8.54. The summed E-state index contributed by atoms with van der Waals surface area (Å²) in [6.45, 7) is 0. The number of aromatic nitrogens is 6. The smallest absolute Gasteiger partial charge is 0.278 e. The number of aromatic amines is 1. The van der Waals surface area contributed by atoms with Crippen LogP contribution in [0.5, 0.6) is 0 Å². The van der Waals surface area contributed by atoms with Crippen molar-refractivity contribution in [2.24, 2.45) is 0 Å². The summed E-state index contributed by atoms with van der Waals surface area (Å²) in [5.74, 6) is 0. The van der Waals surface area contributed by atoms with E-state index in [1.165, 1.54) is 4.68 Å². The molecular weight excluding hydrogens is 358 g/mol. The van der Waals surface area contributed by atoms with Gasteiger partial charge in [0, 0.05) is 10.8 Å². The van der Waals surface area contributed by atoms with Crippen molar-refractivity contribution in [2.45, 2.75) is 6.43 Å². The Labute approximate surface area is 149 Å². The Kier molecular flexibility index (Phi) is 3.29. The van der Waals surface area contributed by atoms with Crippen molar-refractivity contribution in [3.05, 3.63) is 53.8 Å². The van der Waals surface area contributed by atoms with Crippen molar-refractivity contribution in [1.82, 2.24) is 30.2 Å². The number of halogens is 2. The molecule has 1 N–H and O–H groups in total. The fourth-order valence-corrected chi connectivity index (χ4v) is 3.63. The van der Waals surface area contributed by atoms with Gasteiger partial charge in [-0.3, -0.25) is 5.10 Å². The van der Waals surface area contributed by atoms with Gasteiger partial charge in [-0.1, -0.05) is 35.6 Å². The minimum atomic E-state index is -2.64. The summed E-state index contributed by atoms with van der Waals surface area (Å²) < 4.78 is 27.1. The highest BCUT2D eigenvalue weighted by atomic mass is 32.1. The molecule has 5 aromatic rings. The number of H-pyrrole nitrogens is 1. The quantitative estimate of drug-likeness (QED) is 0.514. The maximum absolute atomic E-state index is 12.8. The van der Waals surface area contributed by atoms with Crippen LogP contribution in [-0.4, -0.2) is 30.2 Å². The average Bonchev–Trinajstić information content (AvgIpc) is 3.38. The highest BCUT2D eigenvalue weighted by molar-refractivity contribution is 7.13. The summed E-state index contributed by atoms with van der Waals surface area (Å²) in [7, 11) is 0. The summed E-state index contributed by atoms with van der Waals surface area (Å²) in [4.78, 5) is 0. The highest BCUT2D eigenvalue weighted by Crippen LogP contribution is 2.32. The molecule has 0 saturated heterocycles. The first kappa shape index (κ1) is 15.1. The average molecular weight is 368 g/mol. The predicted octanol–water partition coefficient (Wildman–Crippen LogP) is 4.36. The third-order valence-corrected chi connectivity index (χ3v) is 5.07. The molecular formula is C17H10F2N6S. The molecule has 0 radical (unpaired) electrons. The second kappa shape index (κ2) is 5.67. The lowest BCUT2D eigenvalue weighted by molar-refractivity contribution is 0.150. The summed E-state index contributed by atoms with van der Waals surface area (Å²) in [5.41, 5.74) is 3.73. The molecule has 3 heterocycles. The molecule has 0 aliphatic carbocycles. The molecule has 0 bridgehead atoms. The monoisotopic (exact) mass is 368 g/mol. The lowest BCUT2D eigenvalue weighted by Gasteiger charge is -2.04. The summed E-state index contributed by atoms with van der Waals surface area (Å²) in [6, 6.07) is 11.8. The normalized spacial score (nSPS) is 11.8. The molecule has 0 amide bonds. The van der Waals surface area contributed by atoms with E-state index in [-0.39, 0.29) is 5.01 Å². The number of hydrogen-bond donors (Lipinski definition) is 1.